The van der Waals surface area contributed by atoms with Crippen molar-refractivity contribution in [2.45, 2.75) is 18.7 Å². The molecule has 0 radical (unpaired) electrons. The van der Waals surface area contributed by atoms with Crippen molar-refractivity contribution >= 4 is 23.2 Å². The molecule has 0 N–H and O–H groups in total. The maximum atomic E-state index is 5.78. The molecule has 0 amide bonds. The maximum absolute atomic E-state index is 5.78. The molecule has 0 aliphatic heterocycles. The predicted molar refractivity (Wildman–Crippen MR) is 48.3 cm³/mol. The Morgan fingerprint density at radius 1 is 1.55 bits per heavy atom. The second kappa shape index (κ2) is 3.93. The Kier molecular flexibility index (Phi) is 3.16. The van der Waals surface area contributed by atoms with Gasteiger partial charge in [0.15, 0.2) is 0 Å². The number of rotatable bonds is 2. The normalized spacial score (nSPS) is 13.0. The van der Waals surface area contributed by atoms with Crippen LogP contribution in [0.2, 0.25) is 5.02 Å². The van der Waals surface area contributed by atoms with E-state index in [1.54, 1.807) is 6.20 Å². The fourth-order valence-electron chi connectivity index (χ4n) is 0.815. The molecule has 3 heteroatoms. The van der Waals surface area contributed by atoms with Crippen molar-refractivity contribution in [1.29, 1.82) is 0 Å². The van der Waals surface area contributed by atoms with Gasteiger partial charge < -0.3 is 0 Å². The minimum absolute atomic E-state index is 0.128. The fourth-order valence-corrected chi connectivity index (χ4v) is 1.09. The van der Waals surface area contributed by atoms with Gasteiger partial charge in [-0.25, -0.2) is 0 Å². The average molecular weight is 190 g/mol. The van der Waals surface area contributed by atoms with E-state index in [1.165, 1.54) is 0 Å². The number of aromatic nitrogens is 1. The van der Waals surface area contributed by atoms with Crippen molar-refractivity contribution in [3.8, 4) is 0 Å². The molecule has 11 heavy (non-hydrogen) atoms. The smallest absolute Gasteiger partial charge is 0.0589 e. The van der Waals surface area contributed by atoms with Crippen molar-refractivity contribution in [1.82, 2.24) is 4.98 Å². The van der Waals surface area contributed by atoms with E-state index in [-0.39, 0.29) is 5.38 Å². The summed E-state index contributed by atoms with van der Waals surface area (Å²) in [5, 5.41) is 0.791. The van der Waals surface area contributed by atoms with Gasteiger partial charge in [0.25, 0.3) is 0 Å². The third-order valence-electron chi connectivity index (χ3n) is 1.28. The first-order valence-electron chi connectivity index (χ1n) is 3.43. The van der Waals surface area contributed by atoms with E-state index in [0.29, 0.717) is 5.02 Å². The van der Waals surface area contributed by atoms with Gasteiger partial charge in [0.1, 0.15) is 0 Å². The summed E-state index contributed by atoms with van der Waals surface area (Å²) >= 11 is 11.4. The summed E-state index contributed by atoms with van der Waals surface area (Å²) in [5.74, 6) is 0. The van der Waals surface area contributed by atoms with Gasteiger partial charge in [-0.3, -0.25) is 4.98 Å². The van der Waals surface area contributed by atoms with Gasteiger partial charge in [-0.1, -0.05) is 11.6 Å². The van der Waals surface area contributed by atoms with Crippen LogP contribution in [0.15, 0.2) is 18.3 Å². The van der Waals surface area contributed by atoms with Gasteiger partial charge in [0, 0.05) is 23.7 Å². The molecule has 1 aromatic heterocycles. The summed E-state index contributed by atoms with van der Waals surface area (Å²) in [4.78, 5) is 4.10. The third-order valence-corrected chi connectivity index (χ3v) is 1.66. The molecule has 0 saturated heterocycles. The zero-order valence-corrected chi connectivity index (χ0v) is 7.73. The van der Waals surface area contributed by atoms with Crippen molar-refractivity contribution in [2.75, 3.05) is 0 Å². The van der Waals surface area contributed by atoms with Gasteiger partial charge in [0.2, 0.25) is 0 Å². The Morgan fingerprint density at radius 2 is 2.27 bits per heavy atom. The molecule has 0 spiro atoms. The van der Waals surface area contributed by atoms with E-state index in [1.807, 2.05) is 19.1 Å². The molecule has 0 aliphatic rings. The SMILES string of the molecule is CC(Cl)Cc1ccc(Cl)cn1. The van der Waals surface area contributed by atoms with Crippen LogP contribution >= 0.6 is 23.2 Å². The van der Waals surface area contributed by atoms with E-state index in [0.717, 1.165) is 12.1 Å². The first-order chi connectivity index (χ1) is 5.18. The summed E-state index contributed by atoms with van der Waals surface area (Å²) in [7, 11) is 0. The highest BCUT2D eigenvalue weighted by atomic mass is 35.5. The van der Waals surface area contributed by atoms with Crippen molar-refractivity contribution < 1.29 is 0 Å². The van der Waals surface area contributed by atoms with Gasteiger partial charge in [-0.15, -0.1) is 11.6 Å². The van der Waals surface area contributed by atoms with Crippen LogP contribution in [0.1, 0.15) is 12.6 Å². The highest BCUT2D eigenvalue weighted by Crippen LogP contribution is 2.09. The van der Waals surface area contributed by atoms with Gasteiger partial charge in [-0.05, 0) is 19.1 Å². The molecule has 0 bridgehead atoms. The zero-order valence-electron chi connectivity index (χ0n) is 6.22. The van der Waals surface area contributed by atoms with Crippen LogP contribution in [0.5, 0.6) is 0 Å². The molecule has 1 heterocycles. The topological polar surface area (TPSA) is 12.9 Å². The standard InChI is InChI=1S/C8H9Cl2N/c1-6(9)4-8-3-2-7(10)5-11-8/h2-3,5-6H,4H2,1H3. The minimum atomic E-state index is 0.128. The van der Waals surface area contributed by atoms with Crippen molar-refractivity contribution in [2.24, 2.45) is 0 Å². The number of nitrogens with zero attached hydrogens (tertiary/aromatic N) is 1. The Hall–Kier alpha value is -0.270. The lowest BCUT2D eigenvalue weighted by molar-refractivity contribution is 0.891. The van der Waals surface area contributed by atoms with Crippen molar-refractivity contribution in [3.05, 3.63) is 29.0 Å². The number of alkyl halides is 1. The van der Waals surface area contributed by atoms with Crippen LogP contribution in [0.25, 0.3) is 0 Å². The fraction of sp³-hybridized carbons (Fsp3) is 0.375. The molecule has 1 nitrogen and oxygen atoms in total. The second-order valence-electron chi connectivity index (χ2n) is 2.45. The quantitative estimate of drug-likeness (QED) is 0.653. The lowest BCUT2D eigenvalue weighted by Crippen LogP contribution is -1.98. The lowest BCUT2D eigenvalue weighted by Gasteiger charge is -2.00. The molecule has 1 rings (SSSR count). The number of halogens is 2. The summed E-state index contributed by atoms with van der Waals surface area (Å²) in [6, 6.07) is 3.71. The predicted octanol–water partition coefficient (Wildman–Crippen LogP) is 2.90. The molecule has 1 aromatic rings. The van der Waals surface area contributed by atoms with Gasteiger partial charge >= 0.3 is 0 Å². The molecule has 0 aliphatic carbocycles. The minimum Gasteiger partial charge on any atom is -0.260 e. The summed E-state index contributed by atoms with van der Waals surface area (Å²) in [5.41, 5.74) is 0.983. The second-order valence-corrected chi connectivity index (χ2v) is 3.63. The lowest BCUT2D eigenvalue weighted by atomic mass is 10.2. The summed E-state index contributed by atoms with van der Waals surface area (Å²) in [6.07, 6.45) is 2.43. The average Bonchev–Trinajstić information content (AvgIpc) is 1.93. The molecule has 60 valence electrons. The van der Waals surface area contributed by atoms with E-state index >= 15 is 0 Å². The third kappa shape index (κ3) is 3.08. The molecule has 0 aromatic carbocycles. The van der Waals surface area contributed by atoms with E-state index in [4.69, 9.17) is 23.2 Å². The Labute approximate surface area is 76.4 Å². The zero-order chi connectivity index (χ0) is 8.27. The molecule has 1 unspecified atom stereocenters. The maximum Gasteiger partial charge on any atom is 0.0589 e. The first kappa shape index (κ1) is 8.82. The van der Waals surface area contributed by atoms with E-state index < -0.39 is 0 Å². The van der Waals surface area contributed by atoms with Crippen LogP contribution in [0, 0.1) is 0 Å². The molecule has 0 saturated carbocycles. The Morgan fingerprint density at radius 3 is 2.73 bits per heavy atom. The monoisotopic (exact) mass is 189 g/mol. The summed E-state index contributed by atoms with van der Waals surface area (Å²) in [6.45, 7) is 1.94. The van der Waals surface area contributed by atoms with Crippen LogP contribution in [-0.4, -0.2) is 10.4 Å². The summed E-state index contributed by atoms with van der Waals surface area (Å²) < 4.78 is 0. The van der Waals surface area contributed by atoms with Gasteiger partial charge in [0.05, 0.1) is 5.02 Å². The molecule has 1 atom stereocenters. The highest BCUT2D eigenvalue weighted by Gasteiger charge is 1.99. The van der Waals surface area contributed by atoms with Crippen LogP contribution in [0.3, 0.4) is 0 Å². The highest BCUT2D eigenvalue weighted by molar-refractivity contribution is 6.30. The Bertz CT molecular complexity index is 218. The van der Waals surface area contributed by atoms with E-state index in [2.05, 4.69) is 4.98 Å². The van der Waals surface area contributed by atoms with Crippen LogP contribution < -0.4 is 0 Å². The number of pyridine rings is 1. The molecule has 0 fully saturated rings. The van der Waals surface area contributed by atoms with Crippen LogP contribution in [0.4, 0.5) is 0 Å². The number of hydrogen-bond acceptors (Lipinski definition) is 1. The molecular formula is C8H9Cl2N. The number of hydrogen-bond donors (Lipinski definition) is 0. The van der Waals surface area contributed by atoms with Gasteiger partial charge in [-0.2, -0.15) is 0 Å². The van der Waals surface area contributed by atoms with E-state index in [9.17, 15) is 0 Å². The first-order valence-corrected chi connectivity index (χ1v) is 4.24. The largest absolute Gasteiger partial charge is 0.260 e. The van der Waals surface area contributed by atoms with Crippen LogP contribution in [-0.2, 0) is 6.42 Å². The van der Waals surface area contributed by atoms with Crippen molar-refractivity contribution in [3.63, 3.8) is 0 Å². The Balaban J connectivity index is 2.66. The molecular weight excluding hydrogens is 181 g/mol.